The molecule has 1 rings (SSSR count). The van der Waals surface area contributed by atoms with Crippen molar-refractivity contribution in [2.24, 2.45) is 11.3 Å². The molecule has 0 spiro atoms. The molecular weight excluding hydrogens is 148 g/mol. The zero-order chi connectivity index (χ0) is 9.35. The van der Waals surface area contributed by atoms with Crippen LogP contribution in [0.4, 0.5) is 0 Å². The zero-order valence-electron chi connectivity index (χ0n) is 8.48. The fraction of sp³-hybridized carbons (Fsp3) is 0.727. The molecule has 1 aliphatic rings. The van der Waals surface area contributed by atoms with Crippen molar-refractivity contribution in [3.8, 4) is 0 Å². The molecule has 0 bridgehead atoms. The van der Waals surface area contributed by atoms with E-state index in [1.165, 1.54) is 5.57 Å². The van der Waals surface area contributed by atoms with Crippen LogP contribution in [0.3, 0.4) is 0 Å². The largest absolute Gasteiger partial charge is 0.294 e. The molecule has 0 saturated heterocycles. The van der Waals surface area contributed by atoms with Crippen LogP contribution in [0, 0.1) is 11.3 Å². The lowest BCUT2D eigenvalue weighted by molar-refractivity contribution is -0.126. The Kier molecular flexibility index (Phi) is 2.41. The van der Waals surface area contributed by atoms with Crippen molar-refractivity contribution in [1.29, 1.82) is 0 Å². The van der Waals surface area contributed by atoms with Crippen molar-refractivity contribution in [2.45, 2.75) is 40.5 Å². The maximum Gasteiger partial charge on any atom is 0.161 e. The Morgan fingerprint density at radius 1 is 1.50 bits per heavy atom. The number of allylic oxidation sites excluding steroid dienone is 2. The molecule has 68 valence electrons. The average molecular weight is 166 g/mol. The number of ketones is 1. The number of carbonyl (C=O) groups is 1. The molecule has 0 aromatic heterocycles. The molecule has 12 heavy (non-hydrogen) atoms. The van der Waals surface area contributed by atoms with Gasteiger partial charge in [0, 0.05) is 5.41 Å². The molecule has 0 heterocycles. The SMILES string of the molecule is CC1=CC(=O)C(C)(C(C)C)CC1. The predicted octanol–water partition coefficient (Wildman–Crippen LogP) is 2.96. The van der Waals surface area contributed by atoms with Crippen molar-refractivity contribution in [2.75, 3.05) is 0 Å². The summed E-state index contributed by atoms with van der Waals surface area (Å²) >= 11 is 0. The third-order valence-corrected chi connectivity index (χ3v) is 3.25. The summed E-state index contributed by atoms with van der Waals surface area (Å²) in [7, 11) is 0. The van der Waals surface area contributed by atoms with Gasteiger partial charge in [0.25, 0.3) is 0 Å². The van der Waals surface area contributed by atoms with Crippen molar-refractivity contribution in [3.05, 3.63) is 11.6 Å². The van der Waals surface area contributed by atoms with Gasteiger partial charge in [0.05, 0.1) is 0 Å². The monoisotopic (exact) mass is 166 g/mol. The molecule has 1 nitrogen and oxygen atoms in total. The van der Waals surface area contributed by atoms with Gasteiger partial charge in [-0.15, -0.1) is 0 Å². The predicted molar refractivity (Wildman–Crippen MR) is 50.9 cm³/mol. The average Bonchev–Trinajstić information content (AvgIpc) is 1.97. The molecule has 0 fully saturated rings. The van der Waals surface area contributed by atoms with Crippen LogP contribution in [0.25, 0.3) is 0 Å². The fourth-order valence-corrected chi connectivity index (χ4v) is 1.61. The molecule has 1 unspecified atom stereocenters. The summed E-state index contributed by atoms with van der Waals surface area (Å²) in [6.07, 6.45) is 3.93. The van der Waals surface area contributed by atoms with Crippen LogP contribution in [-0.2, 0) is 4.79 Å². The van der Waals surface area contributed by atoms with Gasteiger partial charge in [-0.2, -0.15) is 0 Å². The number of hydrogen-bond donors (Lipinski definition) is 0. The Balaban J connectivity index is 2.90. The third-order valence-electron chi connectivity index (χ3n) is 3.25. The van der Waals surface area contributed by atoms with E-state index in [0.717, 1.165) is 12.8 Å². The van der Waals surface area contributed by atoms with Crippen LogP contribution >= 0.6 is 0 Å². The van der Waals surface area contributed by atoms with E-state index in [-0.39, 0.29) is 5.41 Å². The van der Waals surface area contributed by atoms with Gasteiger partial charge in [-0.25, -0.2) is 0 Å². The Hall–Kier alpha value is -0.590. The number of carbonyl (C=O) groups excluding carboxylic acids is 1. The molecule has 0 saturated carbocycles. The van der Waals surface area contributed by atoms with Crippen LogP contribution < -0.4 is 0 Å². The minimum atomic E-state index is -0.0977. The Morgan fingerprint density at radius 2 is 2.08 bits per heavy atom. The second-order valence-electron chi connectivity index (χ2n) is 4.43. The highest BCUT2D eigenvalue weighted by molar-refractivity contribution is 5.96. The number of hydrogen-bond acceptors (Lipinski definition) is 1. The van der Waals surface area contributed by atoms with Crippen LogP contribution in [0.5, 0.6) is 0 Å². The normalized spacial score (nSPS) is 30.8. The zero-order valence-corrected chi connectivity index (χ0v) is 8.48. The van der Waals surface area contributed by atoms with Crippen molar-refractivity contribution in [3.63, 3.8) is 0 Å². The highest BCUT2D eigenvalue weighted by atomic mass is 16.1. The van der Waals surface area contributed by atoms with E-state index in [9.17, 15) is 4.79 Å². The minimum absolute atomic E-state index is 0.0977. The summed E-state index contributed by atoms with van der Waals surface area (Å²) in [5.74, 6) is 0.774. The lowest BCUT2D eigenvalue weighted by Gasteiger charge is -2.34. The van der Waals surface area contributed by atoms with Gasteiger partial charge >= 0.3 is 0 Å². The molecule has 1 atom stereocenters. The van der Waals surface area contributed by atoms with Crippen LogP contribution in [0.1, 0.15) is 40.5 Å². The Bertz CT molecular complexity index is 225. The van der Waals surface area contributed by atoms with E-state index in [0.29, 0.717) is 11.7 Å². The van der Waals surface area contributed by atoms with E-state index in [1.54, 1.807) is 0 Å². The van der Waals surface area contributed by atoms with Crippen LogP contribution in [-0.4, -0.2) is 5.78 Å². The van der Waals surface area contributed by atoms with E-state index in [2.05, 4.69) is 20.8 Å². The highest BCUT2D eigenvalue weighted by Gasteiger charge is 2.36. The van der Waals surface area contributed by atoms with Gasteiger partial charge in [0.1, 0.15) is 0 Å². The second kappa shape index (κ2) is 3.04. The summed E-state index contributed by atoms with van der Waals surface area (Å²) in [6.45, 7) is 8.39. The second-order valence-corrected chi connectivity index (χ2v) is 4.43. The summed E-state index contributed by atoms with van der Waals surface area (Å²) in [6, 6.07) is 0. The van der Waals surface area contributed by atoms with Crippen molar-refractivity contribution >= 4 is 5.78 Å². The molecule has 0 radical (unpaired) electrons. The lowest BCUT2D eigenvalue weighted by atomic mass is 9.68. The molecule has 0 N–H and O–H groups in total. The van der Waals surface area contributed by atoms with Gasteiger partial charge in [-0.1, -0.05) is 26.3 Å². The molecular formula is C11H18O. The number of rotatable bonds is 1. The third kappa shape index (κ3) is 1.45. The highest BCUT2D eigenvalue weighted by Crippen LogP contribution is 2.38. The van der Waals surface area contributed by atoms with E-state index in [1.807, 2.05) is 13.0 Å². The van der Waals surface area contributed by atoms with Gasteiger partial charge in [-0.3, -0.25) is 4.79 Å². The van der Waals surface area contributed by atoms with E-state index in [4.69, 9.17) is 0 Å². The quantitative estimate of drug-likeness (QED) is 0.585. The minimum Gasteiger partial charge on any atom is -0.294 e. The molecule has 1 aliphatic carbocycles. The first-order chi connectivity index (χ1) is 5.47. The van der Waals surface area contributed by atoms with Crippen molar-refractivity contribution in [1.82, 2.24) is 0 Å². The molecule has 0 aromatic rings. The van der Waals surface area contributed by atoms with Crippen LogP contribution in [0.15, 0.2) is 11.6 Å². The van der Waals surface area contributed by atoms with Crippen molar-refractivity contribution < 1.29 is 4.79 Å². The van der Waals surface area contributed by atoms with Crippen LogP contribution in [0.2, 0.25) is 0 Å². The van der Waals surface area contributed by atoms with Gasteiger partial charge in [0.2, 0.25) is 0 Å². The molecule has 0 amide bonds. The maximum atomic E-state index is 11.7. The smallest absolute Gasteiger partial charge is 0.161 e. The summed E-state index contributed by atoms with van der Waals surface area (Å²) in [5.41, 5.74) is 1.14. The Morgan fingerprint density at radius 3 is 2.50 bits per heavy atom. The Labute approximate surface area is 74.9 Å². The van der Waals surface area contributed by atoms with Gasteiger partial charge in [-0.05, 0) is 31.8 Å². The molecule has 0 aliphatic heterocycles. The fourth-order valence-electron chi connectivity index (χ4n) is 1.61. The van der Waals surface area contributed by atoms with E-state index < -0.39 is 0 Å². The van der Waals surface area contributed by atoms with Gasteiger partial charge < -0.3 is 0 Å². The topological polar surface area (TPSA) is 17.1 Å². The first-order valence-corrected chi connectivity index (χ1v) is 4.68. The standard InChI is InChI=1S/C11H18O/c1-8(2)11(4)6-5-9(3)7-10(11)12/h7-8H,5-6H2,1-4H3. The van der Waals surface area contributed by atoms with Gasteiger partial charge in [0.15, 0.2) is 5.78 Å². The summed E-state index contributed by atoms with van der Waals surface area (Å²) in [4.78, 5) is 11.7. The first-order valence-electron chi connectivity index (χ1n) is 4.68. The molecule has 1 heteroatoms. The maximum absolute atomic E-state index is 11.7. The summed E-state index contributed by atoms with van der Waals surface area (Å²) < 4.78 is 0. The first kappa shape index (κ1) is 9.50. The van der Waals surface area contributed by atoms with E-state index >= 15 is 0 Å². The lowest BCUT2D eigenvalue weighted by Crippen LogP contribution is -2.34. The summed E-state index contributed by atoms with van der Waals surface area (Å²) in [5, 5.41) is 0. The molecule has 0 aromatic carbocycles.